The Balaban J connectivity index is 1.36. The summed E-state index contributed by atoms with van der Waals surface area (Å²) in [6.07, 6.45) is 0. The lowest BCUT2D eigenvalue weighted by Crippen LogP contribution is -2.33. The molecule has 44 heavy (non-hydrogen) atoms. The molecule has 6 rings (SSSR count). The highest BCUT2D eigenvalue weighted by atomic mass is 35.5. The summed E-state index contributed by atoms with van der Waals surface area (Å²) < 4.78 is 19.6. The van der Waals surface area contributed by atoms with E-state index in [2.05, 4.69) is 5.32 Å². The van der Waals surface area contributed by atoms with E-state index in [1.807, 2.05) is 0 Å². The lowest BCUT2D eigenvalue weighted by molar-refractivity contribution is -0.122. The van der Waals surface area contributed by atoms with Crippen LogP contribution in [0.3, 0.4) is 0 Å². The fourth-order valence-corrected chi connectivity index (χ4v) is 8.28. The number of imide groups is 1. The number of rotatable bonds is 7. The van der Waals surface area contributed by atoms with Crippen molar-refractivity contribution in [3.63, 3.8) is 0 Å². The number of nitrogens with one attached hydrogen (secondary N) is 1. The van der Waals surface area contributed by atoms with Gasteiger partial charge in [0.1, 0.15) is 17.6 Å². The van der Waals surface area contributed by atoms with Crippen LogP contribution in [0.2, 0.25) is 5.02 Å². The van der Waals surface area contributed by atoms with Crippen LogP contribution >= 0.6 is 34.7 Å². The second-order valence-corrected chi connectivity index (χ2v) is 12.6. The Morgan fingerprint density at radius 2 is 1.64 bits per heavy atom. The second kappa shape index (κ2) is 12.0. The molecule has 1 N–H and O–H groups in total. The number of aromatic nitrogens is 1. The topological polar surface area (TPSA) is 115 Å². The molecule has 0 spiro atoms. The van der Waals surface area contributed by atoms with Gasteiger partial charge in [-0.05, 0) is 73.2 Å². The molecule has 3 heterocycles. The average molecular weight is 652 g/mol. The third kappa shape index (κ3) is 5.44. The summed E-state index contributed by atoms with van der Waals surface area (Å²) in [4.78, 5) is 67.5. The zero-order valence-corrected chi connectivity index (χ0v) is 25.4. The van der Waals surface area contributed by atoms with Gasteiger partial charge in [-0.3, -0.25) is 23.7 Å². The molecule has 2 aliphatic rings. The number of hydrogen-bond acceptors (Lipinski definition) is 8. The molecule has 4 aromatic rings. The summed E-state index contributed by atoms with van der Waals surface area (Å²) >= 11 is 8.16. The van der Waals surface area contributed by atoms with E-state index < -0.39 is 51.5 Å². The summed E-state index contributed by atoms with van der Waals surface area (Å²) in [5, 5.41) is 2.68. The van der Waals surface area contributed by atoms with Crippen molar-refractivity contribution in [3.05, 3.63) is 109 Å². The van der Waals surface area contributed by atoms with Gasteiger partial charge in [0.05, 0.1) is 28.8 Å². The van der Waals surface area contributed by atoms with Crippen LogP contribution in [0.4, 0.5) is 15.8 Å². The third-order valence-electron chi connectivity index (χ3n) is 7.34. The minimum Gasteiger partial charge on any atom is -0.462 e. The van der Waals surface area contributed by atoms with E-state index >= 15 is 0 Å². The first-order valence-corrected chi connectivity index (χ1v) is 15.6. The summed E-state index contributed by atoms with van der Waals surface area (Å²) in [6.45, 7) is 1.56. The fourth-order valence-electron chi connectivity index (χ4n) is 5.38. The predicted molar refractivity (Wildman–Crippen MR) is 165 cm³/mol. The summed E-state index contributed by atoms with van der Waals surface area (Å²) in [5.74, 6) is -3.90. The van der Waals surface area contributed by atoms with Crippen LogP contribution in [0.1, 0.15) is 33.6 Å². The fraction of sp³-hybridized carbons (Fsp3) is 0.194. The molecule has 3 amide bonds. The number of amides is 3. The largest absolute Gasteiger partial charge is 0.462 e. The maximum Gasteiger partial charge on any atom is 0.338 e. The summed E-state index contributed by atoms with van der Waals surface area (Å²) in [6, 6.07) is 18.1. The highest BCUT2D eigenvalue weighted by molar-refractivity contribution is 8.00. The monoisotopic (exact) mass is 651 g/mol. The van der Waals surface area contributed by atoms with E-state index in [-0.39, 0.29) is 18.7 Å². The zero-order valence-electron chi connectivity index (χ0n) is 23.0. The number of halogens is 2. The Morgan fingerprint density at radius 3 is 2.30 bits per heavy atom. The third-order valence-corrected chi connectivity index (χ3v) is 10.2. The van der Waals surface area contributed by atoms with E-state index in [9.17, 15) is 28.4 Å². The lowest BCUT2D eigenvalue weighted by Gasteiger charge is -2.30. The lowest BCUT2D eigenvalue weighted by atomic mass is 9.83. The van der Waals surface area contributed by atoms with Gasteiger partial charge in [-0.15, -0.1) is 0 Å². The highest BCUT2D eigenvalue weighted by Gasteiger charge is 2.56. The maximum atomic E-state index is 14.0. The molecule has 1 fully saturated rings. The Labute approximate surface area is 263 Å². The number of benzene rings is 3. The van der Waals surface area contributed by atoms with Crippen molar-refractivity contribution in [1.82, 2.24) is 4.57 Å². The van der Waals surface area contributed by atoms with Crippen molar-refractivity contribution < 1.29 is 28.3 Å². The quantitative estimate of drug-likeness (QED) is 0.213. The number of esters is 1. The molecule has 1 aromatic heterocycles. The Kier molecular flexibility index (Phi) is 8.14. The van der Waals surface area contributed by atoms with Crippen molar-refractivity contribution in [2.75, 3.05) is 16.8 Å². The number of nitrogens with zero attached hydrogens (tertiary/aromatic N) is 2. The van der Waals surface area contributed by atoms with Crippen LogP contribution in [0.25, 0.3) is 0 Å². The van der Waals surface area contributed by atoms with Crippen molar-refractivity contribution in [2.45, 2.75) is 29.7 Å². The number of carbonyl (C=O) groups is 4. The van der Waals surface area contributed by atoms with E-state index in [0.717, 1.165) is 28.0 Å². The maximum absolute atomic E-state index is 14.0. The standard InChI is InChI=1S/C31H23ClFN3O6S2/c1-2-42-30(40)17-5-13-21(14-6-17)36-27(38)24-23(16-3-7-18(32)8-4-16)26-29(43-25(24)28(36)39)35(31(41)44-26)15-22(37)34-20-11-9-19(33)10-12-20/h3-14,23-25H,2,15H2,1H3,(H,34,37)/t23-,24-,25+/m0/s1. The zero-order chi connectivity index (χ0) is 31.1. The van der Waals surface area contributed by atoms with Crippen LogP contribution in [-0.4, -0.2) is 40.1 Å². The van der Waals surface area contributed by atoms with Gasteiger partial charge in [0.2, 0.25) is 17.7 Å². The van der Waals surface area contributed by atoms with Crippen LogP contribution in [0.5, 0.6) is 0 Å². The Hall–Kier alpha value is -4.26. The first kappa shape index (κ1) is 29.8. The SMILES string of the molecule is CCOC(=O)c1ccc(N2C(=O)[C@H]3[C@H](c4ccc(Cl)cc4)c4sc(=O)n(CC(=O)Nc5ccc(F)cc5)c4S[C@H]3C2=O)cc1. The molecule has 3 aromatic carbocycles. The highest BCUT2D eigenvalue weighted by Crippen LogP contribution is 2.54. The first-order chi connectivity index (χ1) is 21.2. The van der Waals surface area contributed by atoms with Gasteiger partial charge in [0.15, 0.2) is 0 Å². The summed E-state index contributed by atoms with van der Waals surface area (Å²) in [7, 11) is 0. The molecule has 0 bridgehead atoms. The molecule has 224 valence electrons. The number of carbonyl (C=O) groups excluding carboxylic acids is 4. The number of fused-ring (bicyclic) bond motifs is 2. The van der Waals surface area contributed by atoms with Gasteiger partial charge in [-0.25, -0.2) is 14.1 Å². The smallest absolute Gasteiger partial charge is 0.338 e. The molecule has 1 saturated heterocycles. The van der Waals surface area contributed by atoms with E-state index in [4.69, 9.17) is 16.3 Å². The molecular formula is C31H23ClFN3O6S2. The van der Waals surface area contributed by atoms with Gasteiger partial charge >= 0.3 is 10.8 Å². The number of ether oxygens (including phenoxy) is 1. The van der Waals surface area contributed by atoms with Crippen molar-refractivity contribution in [1.29, 1.82) is 0 Å². The van der Waals surface area contributed by atoms with Gasteiger partial charge in [0.25, 0.3) is 0 Å². The van der Waals surface area contributed by atoms with Gasteiger partial charge in [-0.2, -0.15) is 0 Å². The van der Waals surface area contributed by atoms with Crippen LogP contribution in [0, 0.1) is 11.7 Å². The molecule has 13 heteroatoms. The Bertz CT molecular complexity index is 1840. The van der Waals surface area contributed by atoms with Crippen molar-refractivity contribution in [3.8, 4) is 0 Å². The van der Waals surface area contributed by atoms with E-state index in [1.165, 1.54) is 53.1 Å². The molecule has 3 atom stereocenters. The number of hydrogen-bond donors (Lipinski definition) is 1. The predicted octanol–water partition coefficient (Wildman–Crippen LogP) is 5.31. The normalized spacial score (nSPS) is 19.0. The molecule has 0 radical (unpaired) electrons. The molecule has 0 saturated carbocycles. The van der Waals surface area contributed by atoms with Crippen molar-refractivity contribution in [2.24, 2.45) is 5.92 Å². The molecule has 2 aliphatic heterocycles. The minimum atomic E-state index is -0.888. The molecular weight excluding hydrogens is 629 g/mol. The molecule has 0 unspecified atom stereocenters. The van der Waals surface area contributed by atoms with Gasteiger partial charge < -0.3 is 10.1 Å². The average Bonchev–Trinajstić information content (AvgIpc) is 3.45. The number of anilines is 2. The van der Waals surface area contributed by atoms with Crippen LogP contribution in [0.15, 0.2) is 82.6 Å². The van der Waals surface area contributed by atoms with E-state index in [1.54, 1.807) is 31.2 Å². The van der Waals surface area contributed by atoms with Crippen LogP contribution in [-0.2, 0) is 25.7 Å². The minimum absolute atomic E-state index is 0.208. The second-order valence-electron chi connectivity index (χ2n) is 10.1. The summed E-state index contributed by atoms with van der Waals surface area (Å²) in [5.41, 5.74) is 1.64. The van der Waals surface area contributed by atoms with Crippen molar-refractivity contribution >= 4 is 69.8 Å². The van der Waals surface area contributed by atoms with Gasteiger partial charge in [0, 0.05) is 21.5 Å². The van der Waals surface area contributed by atoms with E-state index in [0.29, 0.717) is 31.9 Å². The number of thiazole rings is 1. The first-order valence-electron chi connectivity index (χ1n) is 13.5. The molecule has 9 nitrogen and oxygen atoms in total. The molecule has 0 aliphatic carbocycles. The number of thioether (sulfide) groups is 1. The Morgan fingerprint density at radius 1 is 0.955 bits per heavy atom. The van der Waals surface area contributed by atoms with Gasteiger partial charge in [-0.1, -0.05) is 46.8 Å². The van der Waals surface area contributed by atoms with Crippen LogP contribution < -0.4 is 15.1 Å².